The van der Waals surface area contributed by atoms with Crippen LogP contribution in [0.4, 0.5) is 8.78 Å². The van der Waals surface area contributed by atoms with Crippen LogP contribution in [-0.4, -0.2) is 22.6 Å². The molecular formula is C14H16F2N4. The molecule has 0 spiro atoms. The normalized spacial score (nSPS) is 12.4. The zero-order chi connectivity index (χ0) is 14.5. The molecule has 4 nitrogen and oxygen atoms in total. The SMILES string of the molecule is CC(N)CNCc1ccc(-c2ncc(F)cn2)cc1F. The van der Waals surface area contributed by atoms with Crippen LogP contribution in [0.15, 0.2) is 30.6 Å². The van der Waals surface area contributed by atoms with Crippen LogP contribution in [0.2, 0.25) is 0 Å². The van der Waals surface area contributed by atoms with E-state index < -0.39 is 5.82 Å². The van der Waals surface area contributed by atoms with E-state index in [0.717, 1.165) is 12.4 Å². The number of halogens is 2. The van der Waals surface area contributed by atoms with Gasteiger partial charge in [-0.15, -0.1) is 0 Å². The number of nitrogens with zero attached hydrogens (tertiary/aromatic N) is 2. The smallest absolute Gasteiger partial charge is 0.159 e. The fourth-order valence-corrected chi connectivity index (χ4v) is 1.73. The molecule has 0 radical (unpaired) electrons. The average Bonchev–Trinajstić information content (AvgIpc) is 2.41. The van der Waals surface area contributed by atoms with Gasteiger partial charge in [0.1, 0.15) is 5.82 Å². The van der Waals surface area contributed by atoms with Crippen molar-refractivity contribution in [1.29, 1.82) is 0 Å². The number of hydrogen-bond donors (Lipinski definition) is 2. The number of benzene rings is 1. The Hall–Kier alpha value is -1.92. The standard InChI is InChI=1S/C14H16F2N4/c1-9(17)5-18-6-11-3-2-10(4-13(11)16)14-19-7-12(15)8-20-14/h2-4,7-9,18H,5-6,17H2,1H3. The molecule has 0 aliphatic rings. The van der Waals surface area contributed by atoms with Crippen LogP contribution in [-0.2, 0) is 6.54 Å². The molecule has 106 valence electrons. The number of nitrogens with one attached hydrogen (secondary N) is 1. The molecular weight excluding hydrogens is 262 g/mol. The number of nitrogens with two attached hydrogens (primary N) is 1. The predicted octanol–water partition coefficient (Wildman–Crippen LogP) is 1.86. The van der Waals surface area contributed by atoms with E-state index in [0.29, 0.717) is 30.0 Å². The molecule has 2 rings (SSSR count). The van der Waals surface area contributed by atoms with Crippen molar-refractivity contribution in [3.63, 3.8) is 0 Å². The first-order valence-corrected chi connectivity index (χ1v) is 6.29. The van der Waals surface area contributed by atoms with Crippen LogP contribution in [0.1, 0.15) is 12.5 Å². The summed E-state index contributed by atoms with van der Waals surface area (Å²) in [5.41, 5.74) is 6.65. The van der Waals surface area contributed by atoms with Gasteiger partial charge in [0.2, 0.25) is 0 Å². The summed E-state index contributed by atoms with van der Waals surface area (Å²) < 4.78 is 26.7. The molecule has 3 N–H and O–H groups in total. The maximum Gasteiger partial charge on any atom is 0.159 e. The van der Waals surface area contributed by atoms with E-state index in [1.165, 1.54) is 6.07 Å². The van der Waals surface area contributed by atoms with E-state index in [9.17, 15) is 8.78 Å². The summed E-state index contributed by atoms with van der Waals surface area (Å²) in [5.74, 6) is -0.584. The van der Waals surface area contributed by atoms with Gasteiger partial charge in [0.25, 0.3) is 0 Å². The van der Waals surface area contributed by atoms with E-state index in [1.807, 2.05) is 6.92 Å². The monoisotopic (exact) mass is 278 g/mol. The van der Waals surface area contributed by atoms with Crippen LogP contribution in [0.5, 0.6) is 0 Å². The van der Waals surface area contributed by atoms with Crippen LogP contribution in [0.3, 0.4) is 0 Å². The molecule has 20 heavy (non-hydrogen) atoms. The van der Waals surface area contributed by atoms with Crippen molar-refractivity contribution in [2.45, 2.75) is 19.5 Å². The summed E-state index contributed by atoms with van der Waals surface area (Å²) in [6.45, 7) is 2.89. The fraction of sp³-hybridized carbons (Fsp3) is 0.286. The molecule has 1 aromatic carbocycles. The minimum atomic E-state index is -0.522. The molecule has 6 heteroatoms. The highest BCUT2D eigenvalue weighted by Gasteiger charge is 2.07. The third-order valence-electron chi connectivity index (χ3n) is 2.71. The molecule has 1 unspecified atom stereocenters. The molecule has 0 bridgehead atoms. The maximum absolute atomic E-state index is 13.9. The van der Waals surface area contributed by atoms with Crippen LogP contribution < -0.4 is 11.1 Å². The van der Waals surface area contributed by atoms with E-state index in [2.05, 4.69) is 15.3 Å². The Morgan fingerprint density at radius 2 is 1.95 bits per heavy atom. The van der Waals surface area contributed by atoms with Crippen molar-refractivity contribution in [3.05, 3.63) is 47.8 Å². The van der Waals surface area contributed by atoms with Gasteiger partial charge in [0, 0.05) is 30.3 Å². The first-order chi connectivity index (χ1) is 9.56. The van der Waals surface area contributed by atoms with Gasteiger partial charge >= 0.3 is 0 Å². The molecule has 2 aromatic rings. The third-order valence-corrected chi connectivity index (χ3v) is 2.71. The predicted molar refractivity (Wildman–Crippen MR) is 72.7 cm³/mol. The van der Waals surface area contributed by atoms with Crippen LogP contribution >= 0.6 is 0 Å². The van der Waals surface area contributed by atoms with E-state index in [4.69, 9.17) is 5.73 Å². The molecule has 0 saturated carbocycles. The first-order valence-electron chi connectivity index (χ1n) is 6.29. The highest BCUT2D eigenvalue weighted by Crippen LogP contribution is 2.18. The average molecular weight is 278 g/mol. The molecule has 0 amide bonds. The van der Waals surface area contributed by atoms with Crippen LogP contribution in [0, 0.1) is 11.6 Å². The van der Waals surface area contributed by atoms with Gasteiger partial charge in [-0.3, -0.25) is 0 Å². The molecule has 0 aliphatic carbocycles. The topological polar surface area (TPSA) is 63.8 Å². The lowest BCUT2D eigenvalue weighted by atomic mass is 10.1. The summed E-state index contributed by atoms with van der Waals surface area (Å²) in [4.78, 5) is 7.64. The Labute approximate surface area is 116 Å². The Morgan fingerprint density at radius 3 is 2.55 bits per heavy atom. The first kappa shape index (κ1) is 14.5. The molecule has 0 saturated heterocycles. The lowest BCUT2D eigenvalue weighted by molar-refractivity contribution is 0.568. The Kier molecular flexibility index (Phi) is 4.70. The summed E-state index contributed by atoms with van der Waals surface area (Å²) in [5, 5.41) is 3.06. The van der Waals surface area contributed by atoms with Gasteiger partial charge in [-0.2, -0.15) is 0 Å². The zero-order valence-corrected chi connectivity index (χ0v) is 11.1. The molecule has 1 aromatic heterocycles. The minimum Gasteiger partial charge on any atom is -0.327 e. The Balaban J connectivity index is 2.11. The highest BCUT2D eigenvalue weighted by atomic mass is 19.1. The molecule has 0 aliphatic heterocycles. The molecule has 0 fully saturated rings. The van der Waals surface area contributed by atoms with Crippen molar-refractivity contribution in [3.8, 4) is 11.4 Å². The van der Waals surface area contributed by atoms with Crippen molar-refractivity contribution in [2.24, 2.45) is 5.73 Å². The lowest BCUT2D eigenvalue weighted by Gasteiger charge is -2.09. The van der Waals surface area contributed by atoms with E-state index in [-0.39, 0.29) is 11.9 Å². The fourth-order valence-electron chi connectivity index (χ4n) is 1.73. The largest absolute Gasteiger partial charge is 0.327 e. The molecule has 1 heterocycles. The minimum absolute atomic E-state index is 0.0185. The van der Waals surface area contributed by atoms with Gasteiger partial charge in [-0.1, -0.05) is 12.1 Å². The highest BCUT2D eigenvalue weighted by molar-refractivity contribution is 5.55. The third kappa shape index (κ3) is 3.79. The van der Waals surface area contributed by atoms with Crippen LogP contribution in [0.25, 0.3) is 11.4 Å². The van der Waals surface area contributed by atoms with E-state index in [1.54, 1.807) is 12.1 Å². The Morgan fingerprint density at radius 1 is 1.25 bits per heavy atom. The second-order valence-electron chi connectivity index (χ2n) is 4.64. The van der Waals surface area contributed by atoms with Gasteiger partial charge < -0.3 is 11.1 Å². The van der Waals surface area contributed by atoms with Gasteiger partial charge in [0.05, 0.1) is 12.4 Å². The quantitative estimate of drug-likeness (QED) is 0.876. The van der Waals surface area contributed by atoms with Crippen molar-refractivity contribution in [2.75, 3.05) is 6.54 Å². The van der Waals surface area contributed by atoms with Crippen molar-refractivity contribution >= 4 is 0 Å². The van der Waals surface area contributed by atoms with E-state index >= 15 is 0 Å². The molecule has 1 atom stereocenters. The summed E-state index contributed by atoms with van der Waals surface area (Å²) >= 11 is 0. The summed E-state index contributed by atoms with van der Waals surface area (Å²) in [7, 11) is 0. The van der Waals surface area contributed by atoms with Crippen molar-refractivity contribution < 1.29 is 8.78 Å². The van der Waals surface area contributed by atoms with Gasteiger partial charge in [0.15, 0.2) is 11.6 Å². The Bertz CT molecular complexity index is 570. The van der Waals surface area contributed by atoms with Crippen molar-refractivity contribution in [1.82, 2.24) is 15.3 Å². The van der Waals surface area contributed by atoms with Gasteiger partial charge in [-0.05, 0) is 13.0 Å². The number of hydrogen-bond acceptors (Lipinski definition) is 4. The van der Waals surface area contributed by atoms with Gasteiger partial charge in [-0.25, -0.2) is 18.7 Å². The number of aromatic nitrogens is 2. The summed E-state index contributed by atoms with van der Waals surface area (Å²) in [6, 6.07) is 4.73. The second-order valence-corrected chi connectivity index (χ2v) is 4.64. The summed E-state index contributed by atoms with van der Waals surface area (Å²) in [6.07, 6.45) is 2.11. The maximum atomic E-state index is 13.9. The second kappa shape index (κ2) is 6.49. The lowest BCUT2D eigenvalue weighted by Crippen LogP contribution is -2.30. The zero-order valence-electron chi connectivity index (χ0n) is 11.1. The number of rotatable bonds is 5.